The molecule has 0 aliphatic heterocycles. The zero-order chi connectivity index (χ0) is 21.9. The molecule has 154 valence electrons. The predicted molar refractivity (Wildman–Crippen MR) is 93.8 cm³/mol. The molecule has 0 saturated heterocycles. The normalized spacial score (nSPS) is 11.4. The molecule has 0 aliphatic rings. The lowest BCUT2D eigenvalue weighted by Crippen LogP contribution is -2.09. The van der Waals surface area contributed by atoms with Gasteiger partial charge in [-0.25, -0.2) is 35.1 Å². The second-order valence-corrected chi connectivity index (χ2v) is 7.72. The van der Waals surface area contributed by atoms with Crippen LogP contribution in [0.4, 0.5) is 35.1 Å². The summed E-state index contributed by atoms with van der Waals surface area (Å²) >= 11 is 0.873. The SMILES string of the molecule is Cc1sc(-c2c(F)c(F)c(-c3c(F)c(F)c(C)c(F)c3F)c(F)c2F)c(C)c1C. The van der Waals surface area contributed by atoms with Gasteiger partial charge in [-0.3, -0.25) is 0 Å². The summed E-state index contributed by atoms with van der Waals surface area (Å²) in [6.45, 7) is 5.46. The molecule has 9 heteroatoms. The fourth-order valence-corrected chi connectivity index (χ4v) is 4.19. The number of aryl methyl sites for hydroxylation is 1. The van der Waals surface area contributed by atoms with Crippen LogP contribution < -0.4 is 0 Å². The van der Waals surface area contributed by atoms with Crippen molar-refractivity contribution >= 4 is 11.3 Å². The highest BCUT2D eigenvalue weighted by Crippen LogP contribution is 2.44. The van der Waals surface area contributed by atoms with Crippen molar-refractivity contribution in [2.24, 2.45) is 0 Å². The van der Waals surface area contributed by atoms with E-state index in [0.717, 1.165) is 11.3 Å². The summed E-state index contributed by atoms with van der Waals surface area (Å²) in [5.74, 6) is -16.4. The van der Waals surface area contributed by atoms with E-state index in [-0.39, 0.29) is 4.88 Å². The molecular weight excluding hydrogens is 424 g/mol. The van der Waals surface area contributed by atoms with Gasteiger partial charge in [0.2, 0.25) is 0 Å². The largest absolute Gasteiger partial charge is 0.203 e. The van der Waals surface area contributed by atoms with E-state index >= 15 is 0 Å². The van der Waals surface area contributed by atoms with Crippen molar-refractivity contribution in [2.75, 3.05) is 0 Å². The van der Waals surface area contributed by atoms with Gasteiger partial charge in [-0.05, 0) is 38.8 Å². The van der Waals surface area contributed by atoms with E-state index in [1.807, 2.05) is 0 Å². The average molecular weight is 436 g/mol. The molecule has 0 spiro atoms. The fourth-order valence-electron chi connectivity index (χ4n) is 2.99. The molecule has 0 atom stereocenters. The first-order valence-electron chi connectivity index (χ1n) is 8.17. The van der Waals surface area contributed by atoms with Gasteiger partial charge in [0.25, 0.3) is 0 Å². The molecule has 0 radical (unpaired) electrons. The molecule has 2 aromatic carbocycles. The maximum Gasteiger partial charge on any atom is 0.171 e. The Labute approximate surface area is 164 Å². The minimum absolute atomic E-state index is 0.110. The summed E-state index contributed by atoms with van der Waals surface area (Å²) in [4.78, 5) is 0.530. The Morgan fingerprint density at radius 2 is 0.759 bits per heavy atom. The van der Waals surface area contributed by atoms with E-state index in [2.05, 4.69) is 0 Å². The van der Waals surface area contributed by atoms with Crippen LogP contribution in [0.3, 0.4) is 0 Å². The first-order chi connectivity index (χ1) is 13.4. The second-order valence-electron chi connectivity index (χ2n) is 6.50. The number of rotatable bonds is 2. The summed E-state index contributed by atoms with van der Waals surface area (Å²) in [6, 6.07) is 0. The maximum atomic E-state index is 14.7. The van der Waals surface area contributed by atoms with E-state index in [9.17, 15) is 35.1 Å². The van der Waals surface area contributed by atoms with E-state index in [1.165, 1.54) is 6.92 Å². The Hall–Kier alpha value is -2.42. The van der Waals surface area contributed by atoms with E-state index in [4.69, 9.17) is 0 Å². The van der Waals surface area contributed by atoms with Crippen molar-refractivity contribution in [3.63, 3.8) is 0 Å². The van der Waals surface area contributed by atoms with Gasteiger partial charge < -0.3 is 0 Å². The lowest BCUT2D eigenvalue weighted by atomic mass is 9.96. The van der Waals surface area contributed by atoms with Crippen LogP contribution >= 0.6 is 11.3 Å². The second kappa shape index (κ2) is 7.12. The van der Waals surface area contributed by atoms with E-state index in [1.54, 1.807) is 13.8 Å². The summed E-state index contributed by atoms with van der Waals surface area (Å²) in [5.41, 5.74) is -4.85. The zero-order valence-corrected chi connectivity index (χ0v) is 16.2. The van der Waals surface area contributed by atoms with Gasteiger partial charge in [0, 0.05) is 15.3 Å². The number of hydrogen-bond donors (Lipinski definition) is 0. The number of thiophene rings is 1. The Bertz CT molecular complexity index is 1120. The topological polar surface area (TPSA) is 0 Å². The summed E-state index contributed by atoms with van der Waals surface area (Å²) in [7, 11) is 0. The lowest BCUT2D eigenvalue weighted by Gasteiger charge is -2.15. The van der Waals surface area contributed by atoms with Gasteiger partial charge in [-0.2, -0.15) is 0 Å². The number of halogens is 8. The molecule has 29 heavy (non-hydrogen) atoms. The minimum atomic E-state index is -2.16. The molecule has 1 aromatic heterocycles. The summed E-state index contributed by atoms with van der Waals surface area (Å²) in [6.07, 6.45) is 0. The molecule has 3 aromatic rings. The highest BCUT2D eigenvalue weighted by Gasteiger charge is 2.34. The van der Waals surface area contributed by atoms with Crippen LogP contribution in [0.15, 0.2) is 0 Å². The van der Waals surface area contributed by atoms with Crippen molar-refractivity contribution in [1.82, 2.24) is 0 Å². The maximum absolute atomic E-state index is 14.7. The minimum Gasteiger partial charge on any atom is -0.203 e. The number of benzene rings is 2. The van der Waals surface area contributed by atoms with Gasteiger partial charge in [-0.15, -0.1) is 11.3 Å². The molecule has 0 N–H and O–H groups in total. The zero-order valence-electron chi connectivity index (χ0n) is 15.4. The van der Waals surface area contributed by atoms with Crippen LogP contribution in [-0.4, -0.2) is 0 Å². The Kier molecular flexibility index (Phi) is 5.23. The molecule has 0 aliphatic carbocycles. The lowest BCUT2D eigenvalue weighted by molar-refractivity contribution is 0.438. The monoisotopic (exact) mass is 436 g/mol. The van der Waals surface area contributed by atoms with E-state index in [0.29, 0.717) is 22.9 Å². The molecule has 1 heterocycles. The molecule has 0 amide bonds. The van der Waals surface area contributed by atoms with Crippen LogP contribution in [0.25, 0.3) is 21.6 Å². The Morgan fingerprint density at radius 1 is 0.414 bits per heavy atom. The molecule has 0 bridgehead atoms. The third-order valence-electron chi connectivity index (χ3n) is 4.91. The van der Waals surface area contributed by atoms with Gasteiger partial charge in [0.15, 0.2) is 46.5 Å². The van der Waals surface area contributed by atoms with Gasteiger partial charge >= 0.3 is 0 Å². The molecule has 0 saturated carbocycles. The first-order valence-corrected chi connectivity index (χ1v) is 8.99. The van der Waals surface area contributed by atoms with Crippen LogP contribution in [0.5, 0.6) is 0 Å². The highest BCUT2D eigenvalue weighted by molar-refractivity contribution is 7.15. The van der Waals surface area contributed by atoms with Crippen LogP contribution in [0.2, 0.25) is 0 Å². The molecule has 3 rings (SSSR count). The predicted octanol–water partition coefficient (Wildman–Crippen LogP) is 7.43. The third-order valence-corrected chi connectivity index (χ3v) is 6.24. The fraction of sp³-hybridized carbons (Fsp3) is 0.200. The van der Waals surface area contributed by atoms with Gasteiger partial charge in [0.1, 0.15) is 0 Å². The van der Waals surface area contributed by atoms with E-state index < -0.39 is 68.8 Å². The number of hydrogen-bond acceptors (Lipinski definition) is 1. The average Bonchev–Trinajstić information content (AvgIpc) is 2.93. The molecule has 0 unspecified atom stereocenters. The molecule has 0 fully saturated rings. The van der Waals surface area contributed by atoms with Gasteiger partial charge in [-0.1, -0.05) is 0 Å². The Balaban J connectivity index is 2.44. The summed E-state index contributed by atoms with van der Waals surface area (Å²) < 4.78 is 115. The van der Waals surface area contributed by atoms with Crippen molar-refractivity contribution in [3.8, 4) is 21.6 Å². The van der Waals surface area contributed by atoms with Crippen molar-refractivity contribution in [3.05, 3.63) is 68.1 Å². The molecule has 0 nitrogen and oxygen atoms in total. The third kappa shape index (κ3) is 2.94. The summed E-state index contributed by atoms with van der Waals surface area (Å²) in [5, 5.41) is 0. The molecular formula is C20H12F8S. The Morgan fingerprint density at radius 3 is 1.10 bits per heavy atom. The quantitative estimate of drug-likeness (QED) is 0.290. The van der Waals surface area contributed by atoms with Crippen LogP contribution in [0, 0.1) is 74.2 Å². The van der Waals surface area contributed by atoms with Crippen LogP contribution in [-0.2, 0) is 0 Å². The standard InChI is InChI=1S/C20H12F8S/c1-5-6(2)20(29-8(5)4)11-18(27)16(25)10(17(26)19(11)28)9-14(23)12(21)7(3)13(22)15(9)24/h1-4H3. The van der Waals surface area contributed by atoms with Crippen molar-refractivity contribution in [2.45, 2.75) is 27.7 Å². The van der Waals surface area contributed by atoms with Gasteiger partial charge in [0.05, 0.1) is 16.7 Å². The first kappa shape index (κ1) is 21.3. The smallest absolute Gasteiger partial charge is 0.171 e. The highest BCUT2D eigenvalue weighted by atomic mass is 32.1. The van der Waals surface area contributed by atoms with Crippen molar-refractivity contribution in [1.29, 1.82) is 0 Å². The van der Waals surface area contributed by atoms with Crippen molar-refractivity contribution < 1.29 is 35.1 Å². The van der Waals surface area contributed by atoms with Crippen LogP contribution in [0.1, 0.15) is 21.6 Å².